The molecule has 4 heteroatoms. The Hall–Kier alpha value is -1.42. The van der Waals surface area contributed by atoms with Crippen molar-refractivity contribution in [3.8, 4) is 0 Å². The molecule has 2 rings (SSSR count). The average molecular weight is 195 g/mol. The summed E-state index contributed by atoms with van der Waals surface area (Å²) < 4.78 is 18.4. The lowest BCUT2D eigenvalue weighted by molar-refractivity contribution is 0.227. The minimum absolute atomic E-state index is 0.0715. The molecule has 74 valence electrons. The topological polar surface area (TPSA) is 41.8 Å². The lowest BCUT2D eigenvalue weighted by Crippen LogP contribution is -2.10. The Morgan fingerprint density at radius 2 is 2.29 bits per heavy atom. The van der Waals surface area contributed by atoms with Crippen molar-refractivity contribution < 1.29 is 14.2 Å². The molecule has 1 aromatic rings. The highest BCUT2D eigenvalue weighted by Crippen LogP contribution is 2.14. The van der Waals surface area contributed by atoms with Gasteiger partial charge in [-0.1, -0.05) is 12.1 Å². The summed E-state index contributed by atoms with van der Waals surface area (Å²) in [4.78, 5) is 4.04. The van der Waals surface area contributed by atoms with Crippen molar-refractivity contribution in [3.63, 3.8) is 0 Å². The predicted octanol–water partition coefficient (Wildman–Crippen LogP) is 0.963. The first kappa shape index (κ1) is 9.15. The van der Waals surface area contributed by atoms with E-state index in [1.165, 1.54) is 6.07 Å². The normalized spacial score (nSPS) is 20.4. The van der Waals surface area contributed by atoms with Crippen LogP contribution >= 0.6 is 0 Å². The van der Waals surface area contributed by atoms with Crippen LogP contribution in [-0.2, 0) is 4.74 Å². The molecule has 0 aromatic heterocycles. The predicted molar refractivity (Wildman–Crippen MR) is 49.8 cm³/mol. The third kappa shape index (κ3) is 1.61. The van der Waals surface area contributed by atoms with Crippen molar-refractivity contribution in [2.75, 3.05) is 13.2 Å². The fraction of sp³-hybridized carbons (Fsp3) is 0.300. The molecule has 0 amide bonds. The lowest BCUT2D eigenvalue weighted by Gasteiger charge is -2.01. The Bertz CT molecular complexity index is 365. The van der Waals surface area contributed by atoms with Gasteiger partial charge in [-0.25, -0.2) is 9.38 Å². The van der Waals surface area contributed by atoms with Crippen molar-refractivity contribution in [1.29, 1.82) is 0 Å². The monoisotopic (exact) mass is 195 g/mol. The van der Waals surface area contributed by atoms with Gasteiger partial charge in [0, 0.05) is 0 Å². The van der Waals surface area contributed by atoms with E-state index in [0.29, 0.717) is 12.2 Å². The maximum atomic E-state index is 13.2. The first-order chi connectivity index (χ1) is 6.81. The summed E-state index contributed by atoms with van der Waals surface area (Å²) in [5, 5.41) is 8.82. The van der Waals surface area contributed by atoms with Gasteiger partial charge in [0.15, 0.2) is 0 Å². The first-order valence-electron chi connectivity index (χ1n) is 4.37. The van der Waals surface area contributed by atoms with E-state index in [0.717, 1.165) is 0 Å². The lowest BCUT2D eigenvalue weighted by atomic mass is 10.2. The number of nitrogens with zero attached hydrogens (tertiary/aromatic N) is 1. The van der Waals surface area contributed by atoms with Crippen molar-refractivity contribution in [1.82, 2.24) is 0 Å². The second kappa shape index (κ2) is 3.75. The summed E-state index contributed by atoms with van der Waals surface area (Å²) in [6.45, 7) is 0.248. The number of aliphatic imine (C=N–C) groups is 1. The summed E-state index contributed by atoms with van der Waals surface area (Å²) in [6.07, 6.45) is 0. The zero-order chi connectivity index (χ0) is 9.97. The van der Waals surface area contributed by atoms with E-state index in [-0.39, 0.29) is 24.4 Å². The van der Waals surface area contributed by atoms with E-state index >= 15 is 0 Å². The van der Waals surface area contributed by atoms with E-state index in [1.807, 2.05) is 0 Å². The van der Waals surface area contributed by atoms with Gasteiger partial charge in [-0.3, -0.25) is 0 Å². The number of aliphatic hydroxyl groups is 1. The Kier molecular flexibility index (Phi) is 2.45. The summed E-state index contributed by atoms with van der Waals surface area (Å²) >= 11 is 0. The van der Waals surface area contributed by atoms with Crippen LogP contribution < -0.4 is 0 Å². The van der Waals surface area contributed by atoms with Crippen molar-refractivity contribution in [2.45, 2.75) is 6.04 Å². The SMILES string of the molecule is OCC1COC(c2ccccc2F)=N1. The molecule has 0 fully saturated rings. The molecule has 0 saturated heterocycles. The van der Waals surface area contributed by atoms with Gasteiger partial charge < -0.3 is 9.84 Å². The van der Waals surface area contributed by atoms with Crippen LogP contribution in [0.25, 0.3) is 0 Å². The number of ether oxygens (including phenoxy) is 1. The number of hydrogen-bond acceptors (Lipinski definition) is 3. The molecule has 0 radical (unpaired) electrons. The molecule has 14 heavy (non-hydrogen) atoms. The van der Waals surface area contributed by atoms with E-state index < -0.39 is 0 Å². The fourth-order valence-corrected chi connectivity index (χ4v) is 1.29. The van der Waals surface area contributed by atoms with Gasteiger partial charge in [-0.15, -0.1) is 0 Å². The van der Waals surface area contributed by atoms with Crippen LogP contribution in [0.4, 0.5) is 4.39 Å². The second-order valence-corrected chi connectivity index (χ2v) is 3.06. The van der Waals surface area contributed by atoms with E-state index in [9.17, 15) is 4.39 Å². The number of aliphatic hydroxyl groups excluding tert-OH is 1. The first-order valence-corrected chi connectivity index (χ1v) is 4.37. The van der Waals surface area contributed by atoms with Crippen LogP contribution in [0.2, 0.25) is 0 Å². The highest BCUT2D eigenvalue weighted by atomic mass is 19.1. The quantitative estimate of drug-likeness (QED) is 0.763. The minimum Gasteiger partial charge on any atom is -0.475 e. The standard InChI is InChI=1S/C10H10FNO2/c11-9-4-2-1-3-8(9)10-12-7(5-13)6-14-10/h1-4,7,13H,5-6H2. The van der Waals surface area contributed by atoms with Crippen LogP contribution in [0.15, 0.2) is 29.3 Å². The number of benzene rings is 1. The molecule has 1 aliphatic rings. The summed E-state index contributed by atoms with van der Waals surface area (Å²) in [6, 6.07) is 6.03. The van der Waals surface area contributed by atoms with Crippen molar-refractivity contribution >= 4 is 5.90 Å². The maximum Gasteiger partial charge on any atom is 0.219 e. The van der Waals surface area contributed by atoms with Crippen LogP contribution in [0.1, 0.15) is 5.56 Å². The van der Waals surface area contributed by atoms with Crippen LogP contribution in [0, 0.1) is 5.82 Å². The molecular weight excluding hydrogens is 185 g/mol. The van der Waals surface area contributed by atoms with E-state index in [4.69, 9.17) is 9.84 Å². The summed E-state index contributed by atoms with van der Waals surface area (Å²) in [7, 11) is 0. The van der Waals surface area contributed by atoms with Gasteiger partial charge in [0.05, 0.1) is 12.2 Å². The van der Waals surface area contributed by atoms with Gasteiger partial charge in [0.2, 0.25) is 5.90 Å². The van der Waals surface area contributed by atoms with Crippen LogP contribution in [0.3, 0.4) is 0 Å². The zero-order valence-electron chi connectivity index (χ0n) is 7.48. The van der Waals surface area contributed by atoms with Gasteiger partial charge in [-0.05, 0) is 12.1 Å². The summed E-state index contributed by atoms with van der Waals surface area (Å²) in [5.74, 6) is -0.0769. The number of rotatable bonds is 2. The highest BCUT2D eigenvalue weighted by Gasteiger charge is 2.20. The molecule has 1 aromatic carbocycles. The molecule has 0 bridgehead atoms. The highest BCUT2D eigenvalue weighted by molar-refractivity contribution is 5.95. The van der Waals surface area contributed by atoms with Crippen molar-refractivity contribution in [3.05, 3.63) is 35.6 Å². The second-order valence-electron chi connectivity index (χ2n) is 3.06. The molecule has 0 saturated carbocycles. The average Bonchev–Trinajstić information content (AvgIpc) is 2.67. The minimum atomic E-state index is -0.357. The van der Waals surface area contributed by atoms with Crippen molar-refractivity contribution in [2.24, 2.45) is 4.99 Å². The molecule has 0 spiro atoms. The summed E-state index contributed by atoms with van der Waals surface area (Å²) in [5.41, 5.74) is 0.350. The van der Waals surface area contributed by atoms with Gasteiger partial charge in [0.25, 0.3) is 0 Å². The largest absolute Gasteiger partial charge is 0.475 e. The third-order valence-electron chi connectivity index (χ3n) is 2.03. The molecule has 1 N–H and O–H groups in total. The third-order valence-corrected chi connectivity index (χ3v) is 2.03. The van der Waals surface area contributed by atoms with Gasteiger partial charge in [-0.2, -0.15) is 0 Å². The maximum absolute atomic E-state index is 13.2. The van der Waals surface area contributed by atoms with Crippen LogP contribution in [0.5, 0.6) is 0 Å². The Morgan fingerprint density at radius 3 is 2.93 bits per heavy atom. The van der Waals surface area contributed by atoms with E-state index in [2.05, 4.69) is 4.99 Å². The fourth-order valence-electron chi connectivity index (χ4n) is 1.29. The molecule has 3 nitrogen and oxygen atoms in total. The molecule has 1 aliphatic heterocycles. The van der Waals surface area contributed by atoms with Gasteiger partial charge in [0.1, 0.15) is 18.5 Å². The number of halogens is 1. The smallest absolute Gasteiger partial charge is 0.219 e. The molecule has 1 unspecified atom stereocenters. The number of hydrogen-bond donors (Lipinski definition) is 1. The zero-order valence-corrected chi connectivity index (χ0v) is 7.48. The van der Waals surface area contributed by atoms with Gasteiger partial charge >= 0.3 is 0 Å². The Balaban J connectivity index is 2.28. The molecule has 1 atom stereocenters. The van der Waals surface area contributed by atoms with Crippen LogP contribution in [-0.4, -0.2) is 30.3 Å². The molecule has 0 aliphatic carbocycles. The molecular formula is C10H10FNO2. The Labute approximate surface area is 80.9 Å². The Morgan fingerprint density at radius 1 is 1.50 bits per heavy atom. The van der Waals surface area contributed by atoms with E-state index in [1.54, 1.807) is 18.2 Å². The molecule has 1 heterocycles.